The molecule has 4 heterocycles. The average molecular weight is 463 g/mol. The van der Waals surface area contributed by atoms with Crippen LogP contribution in [0.3, 0.4) is 0 Å². The fraction of sp³-hybridized carbons (Fsp3) is 0.167. The first kappa shape index (κ1) is 18.8. The number of fused-ring (bicyclic) bond motifs is 3. The van der Waals surface area contributed by atoms with Crippen LogP contribution in [0.5, 0.6) is 0 Å². The number of hydrogen-bond acceptors (Lipinski definition) is 8. The van der Waals surface area contributed by atoms with Gasteiger partial charge in [-0.3, -0.25) is 10.1 Å². The molecule has 0 fully saturated rings. The number of amides is 1. The van der Waals surface area contributed by atoms with Crippen LogP contribution in [-0.4, -0.2) is 36.8 Å². The predicted molar refractivity (Wildman–Crippen MR) is 119 cm³/mol. The molecule has 1 amide bonds. The van der Waals surface area contributed by atoms with Gasteiger partial charge in [0, 0.05) is 27.3 Å². The van der Waals surface area contributed by atoms with E-state index >= 15 is 0 Å². The minimum absolute atomic E-state index is 0.00508. The molecule has 148 valence electrons. The lowest BCUT2D eigenvalue weighted by Crippen LogP contribution is -2.35. The van der Waals surface area contributed by atoms with E-state index < -0.39 is 10.0 Å². The summed E-state index contributed by atoms with van der Waals surface area (Å²) >= 11 is 4.31. The summed E-state index contributed by atoms with van der Waals surface area (Å²) in [7, 11) is -3.40. The fourth-order valence-electron chi connectivity index (χ4n) is 3.06. The molecule has 0 aliphatic carbocycles. The zero-order valence-corrected chi connectivity index (χ0v) is 18.3. The summed E-state index contributed by atoms with van der Waals surface area (Å²) < 4.78 is 27.3. The van der Waals surface area contributed by atoms with Crippen molar-refractivity contribution >= 4 is 66.4 Å². The molecule has 0 atom stereocenters. The summed E-state index contributed by atoms with van der Waals surface area (Å²) in [5.74, 6) is -0.259. The number of anilines is 2. The first-order valence-electron chi connectivity index (χ1n) is 8.64. The molecule has 2 aliphatic heterocycles. The molecular weight excluding hydrogens is 448 g/mol. The molecule has 3 aromatic rings. The number of sulfonamides is 1. The van der Waals surface area contributed by atoms with Crippen molar-refractivity contribution in [3.63, 3.8) is 0 Å². The van der Waals surface area contributed by atoms with E-state index in [0.717, 1.165) is 21.2 Å². The lowest BCUT2D eigenvalue weighted by Gasteiger charge is -2.22. The lowest BCUT2D eigenvalue weighted by atomic mass is 10.2. The molecule has 0 unspecified atom stereocenters. The lowest BCUT2D eigenvalue weighted by molar-refractivity contribution is 0.102. The average Bonchev–Trinajstić information content (AvgIpc) is 3.37. The van der Waals surface area contributed by atoms with Crippen LogP contribution < -0.4 is 10.2 Å². The Morgan fingerprint density at radius 3 is 2.90 bits per heavy atom. The van der Waals surface area contributed by atoms with Gasteiger partial charge in [0.25, 0.3) is 15.9 Å². The molecule has 0 spiro atoms. The standard InChI is InChI=1S/C18H14N4O3S4/c1-10-2-5-14(27-10)12-9-26-17(19-12)20-16(23)11-3-4-13-15(8-11)28-18-21-29(24,25)7-6-22(13)18/h2-5,8-9H,6-7H2,1H3,(H,19,20,23). The van der Waals surface area contributed by atoms with Crippen LogP contribution in [0.1, 0.15) is 15.2 Å². The van der Waals surface area contributed by atoms with Crippen LogP contribution in [0.15, 0.2) is 45.0 Å². The number of thioether (sulfide) groups is 1. The van der Waals surface area contributed by atoms with E-state index in [2.05, 4.69) is 14.7 Å². The Labute approximate surface area is 179 Å². The molecule has 2 aliphatic rings. The van der Waals surface area contributed by atoms with Gasteiger partial charge in [0.05, 0.1) is 22.0 Å². The Morgan fingerprint density at radius 1 is 1.24 bits per heavy atom. The maximum atomic E-state index is 12.7. The van der Waals surface area contributed by atoms with Gasteiger partial charge < -0.3 is 4.90 Å². The van der Waals surface area contributed by atoms with E-state index in [0.29, 0.717) is 22.4 Å². The van der Waals surface area contributed by atoms with Crippen LogP contribution in [-0.2, 0) is 10.0 Å². The normalized spacial score (nSPS) is 16.9. The fourth-order valence-corrected chi connectivity index (χ4v) is 6.96. The number of nitrogens with one attached hydrogen (secondary N) is 1. The first-order chi connectivity index (χ1) is 13.9. The molecule has 0 bridgehead atoms. The van der Waals surface area contributed by atoms with Gasteiger partial charge in [0.2, 0.25) is 0 Å². The number of aryl methyl sites for hydroxylation is 1. The van der Waals surface area contributed by atoms with Crippen molar-refractivity contribution in [2.45, 2.75) is 11.8 Å². The Bertz CT molecular complexity index is 1280. The highest BCUT2D eigenvalue weighted by molar-refractivity contribution is 8.15. The van der Waals surface area contributed by atoms with Crippen molar-refractivity contribution in [1.29, 1.82) is 0 Å². The van der Waals surface area contributed by atoms with Crippen LogP contribution in [0, 0.1) is 6.92 Å². The smallest absolute Gasteiger partial charge is 0.257 e. The van der Waals surface area contributed by atoms with Gasteiger partial charge in [-0.1, -0.05) is 0 Å². The van der Waals surface area contributed by atoms with Gasteiger partial charge >= 0.3 is 0 Å². The summed E-state index contributed by atoms with van der Waals surface area (Å²) in [4.78, 5) is 22.2. The Morgan fingerprint density at radius 2 is 2.10 bits per heavy atom. The number of hydrogen-bond donors (Lipinski definition) is 1. The number of carbonyl (C=O) groups is 1. The van der Waals surface area contributed by atoms with Gasteiger partial charge in [0.15, 0.2) is 10.3 Å². The van der Waals surface area contributed by atoms with Crippen molar-refractivity contribution in [3.05, 3.63) is 46.2 Å². The van der Waals surface area contributed by atoms with Crippen LogP contribution in [0.4, 0.5) is 10.8 Å². The second-order valence-electron chi connectivity index (χ2n) is 6.50. The SMILES string of the molecule is Cc1ccc(-c2csc(NC(=O)c3ccc4c(c3)SC3=NS(=O)(=O)CCN34)n2)s1. The van der Waals surface area contributed by atoms with Crippen molar-refractivity contribution < 1.29 is 13.2 Å². The van der Waals surface area contributed by atoms with E-state index in [1.807, 2.05) is 35.4 Å². The second-order valence-corrected chi connectivity index (χ2v) is 11.4. The number of carbonyl (C=O) groups excluding carboxylic acids is 1. The third-order valence-corrected chi connectivity index (χ3v) is 8.54. The van der Waals surface area contributed by atoms with Gasteiger partial charge in [-0.15, -0.1) is 27.1 Å². The summed E-state index contributed by atoms with van der Waals surface area (Å²) in [5.41, 5.74) is 2.22. The quantitative estimate of drug-likeness (QED) is 0.632. The molecule has 0 saturated carbocycles. The number of nitrogens with zero attached hydrogens (tertiary/aromatic N) is 3. The number of aromatic nitrogens is 1. The highest BCUT2D eigenvalue weighted by Gasteiger charge is 2.33. The predicted octanol–water partition coefficient (Wildman–Crippen LogP) is 4.04. The second kappa shape index (κ2) is 6.94. The number of rotatable bonds is 3. The molecule has 0 saturated heterocycles. The third kappa shape index (κ3) is 3.59. The highest BCUT2D eigenvalue weighted by atomic mass is 32.2. The Balaban J connectivity index is 1.36. The van der Waals surface area contributed by atoms with E-state index in [9.17, 15) is 13.2 Å². The number of thiophene rings is 1. The number of thiazole rings is 1. The monoisotopic (exact) mass is 462 g/mol. The maximum absolute atomic E-state index is 12.7. The first-order valence-corrected chi connectivity index (χ1v) is 12.8. The molecular formula is C18H14N4O3S4. The summed E-state index contributed by atoms with van der Waals surface area (Å²) in [5, 5.41) is 5.76. The molecule has 0 radical (unpaired) electrons. The van der Waals surface area contributed by atoms with E-state index in [1.165, 1.54) is 28.0 Å². The molecule has 1 N–H and O–H groups in total. The molecule has 1 aromatic carbocycles. The maximum Gasteiger partial charge on any atom is 0.257 e. The molecule has 5 rings (SSSR count). The van der Waals surface area contributed by atoms with Crippen molar-refractivity contribution in [1.82, 2.24) is 4.98 Å². The Kier molecular flexibility index (Phi) is 4.50. The van der Waals surface area contributed by atoms with Gasteiger partial charge in [-0.2, -0.15) is 0 Å². The number of benzene rings is 1. The molecule has 2 aromatic heterocycles. The minimum Gasteiger partial charge on any atom is -0.318 e. The van der Waals surface area contributed by atoms with E-state index in [1.54, 1.807) is 23.5 Å². The summed E-state index contributed by atoms with van der Waals surface area (Å²) in [6.07, 6.45) is 0. The summed E-state index contributed by atoms with van der Waals surface area (Å²) in [6, 6.07) is 9.40. The zero-order valence-electron chi connectivity index (χ0n) is 15.1. The van der Waals surface area contributed by atoms with Crippen molar-refractivity contribution in [3.8, 4) is 10.6 Å². The van der Waals surface area contributed by atoms with Gasteiger partial charge in [0.1, 0.15) is 0 Å². The van der Waals surface area contributed by atoms with E-state index in [-0.39, 0.29) is 11.7 Å². The largest absolute Gasteiger partial charge is 0.318 e. The summed E-state index contributed by atoms with van der Waals surface area (Å²) in [6.45, 7) is 2.42. The minimum atomic E-state index is -3.40. The van der Waals surface area contributed by atoms with Gasteiger partial charge in [-0.05, 0) is 49.0 Å². The van der Waals surface area contributed by atoms with Crippen molar-refractivity contribution in [2.75, 3.05) is 22.5 Å². The topological polar surface area (TPSA) is 91.7 Å². The third-order valence-electron chi connectivity index (χ3n) is 4.45. The van der Waals surface area contributed by atoms with Crippen LogP contribution in [0.25, 0.3) is 10.6 Å². The number of amidine groups is 1. The molecule has 11 heteroatoms. The zero-order chi connectivity index (χ0) is 20.2. The Hall–Kier alpha value is -2.21. The van der Waals surface area contributed by atoms with E-state index in [4.69, 9.17) is 0 Å². The van der Waals surface area contributed by atoms with Crippen LogP contribution >= 0.6 is 34.4 Å². The highest BCUT2D eigenvalue weighted by Crippen LogP contribution is 2.42. The molecule has 7 nitrogen and oxygen atoms in total. The van der Waals surface area contributed by atoms with Gasteiger partial charge in [-0.25, -0.2) is 13.4 Å². The van der Waals surface area contributed by atoms with Crippen molar-refractivity contribution in [2.24, 2.45) is 4.40 Å². The van der Waals surface area contributed by atoms with Crippen LogP contribution in [0.2, 0.25) is 0 Å². The molecule has 29 heavy (non-hydrogen) atoms.